The van der Waals surface area contributed by atoms with Crippen LogP contribution >= 0.6 is 0 Å². The Labute approximate surface area is 106 Å². The van der Waals surface area contributed by atoms with Crippen molar-refractivity contribution in [3.05, 3.63) is 65.9 Å². The van der Waals surface area contributed by atoms with Gasteiger partial charge in [0.2, 0.25) is 0 Å². The van der Waals surface area contributed by atoms with E-state index in [1.54, 1.807) is 0 Å². The van der Waals surface area contributed by atoms with Crippen molar-refractivity contribution < 1.29 is 0 Å². The predicted octanol–water partition coefficient (Wildman–Crippen LogP) is 3.92. The number of H-pyrrole nitrogens is 1. The lowest BCUT2D eigenvalue weighted by atomic mass is 10.1. The van der Waals surface area contributed by atoms with Gasteiger partial charge in [0.15, 0.2) is 0 Å². The number of benzene rings is 2. The number of hydrogen-bond donors (Lipinski definition) is 2. The van der Waals surface area contributed by atoms with Crippen LogP contribution in [0, 0.1) is 0 Å². The second-order valence-corrected chi connectivity index (χ2v) is 4.29. The maximum atomic E-state index is 5.66. The number of aromatic amines is 1. The fraction of sp³-hybridized carbons (Fsp3) is 0. The molecule has 2 nitrogen and oxygen atoms in total. The first kappa shape index (κ1) is 10.7. The number of rotatable bonds is 2. The Kier molecular flexibility index (Phi) is 2.61. The molecule has 3 N–H and O–H groups in total. The number of fused-ring (bicyclic) bond motifs is 1. The minimum Gasteiger partial charge on any atom is -0.399 e. The lowest BCUT2D eigenvalue weighted by Crippen LogP contribution is -1.82. The first-order chi connectivity index (χ1) is 8.83. The van der Waals surface area contributed by atoms with Crippen LogP contribution < -0.4 is 5.73 Å². The minimum absolute atomic E-state index is 0.791. The van der Waals surface area contributed by atoms with Crippen LogP contribution in [0.25, 0.3) is 23.1 Å². The Morgan fingerprint density at radius 3 is 2.50 bits per heavy atom. The van der Waals surface area contributed by atoms with Gasteiger partial charge in [-0.25, -0.2) is 0 Å². The van der Waals surface area contributed by atoms with E-state index in [9.17, 15) is 0 Å². The molecule has 0 bridgehead atoms. The summed E-state index contributed by atoms with van der Waals surface area (Å²) in [6.07, 6.45) is 6.23. The lowest BCUT2D eigenvalue weighted by Gasteiger charge is -1.95. The first-order valence-electron chi connectivity index (χ1n) is 5.93. The molecule has 0 aliphatic carbocycles. The average Bonchev–Trinajstić information content (AvgIpc) is 2.82. The summed E-state index contributed by atoms with van der Waals surface area (Å²) in [7, 11) is 0. The van der Waals surface area contributed by atoms with Gasteiger partial charge in [0.05, 0.1) is 0 Å². The molecule has 88 valence electrons. The van der Waals surface area contributed by atoms with E-state index in [1.165, 1.54) is 10.9 Å². The number of nitrogens with one attached hydrogen (secondary N) is 1. The van der Waals surface area contributed by atoms with Crippen LogP contribution in [0.3, 0.4) is 0 Å². The number of para-hydroxylation sites is 1. The van der Waals surface area contributed by atoms with E-state index in [0.717, 1.165) is 16.8 Å². The standard InChI is InChI=1S/C16H14N2/c17-14-9-6-12(7-10-14)5-8-13-11-18-16-4-2-1-3-15(13)16/h1-11,18H,17H2/b8-5-. The Morgan fingerprint density at radius 2 is 1.67 bits per heavy atom. The van der Waals surface area contributed by atoms with E-state index in [0.29, 0.717) is 0 Å². The van der Waals surface area contributed by atoms with Crippen molar-refractivity contribution in [2.24, 2.45) is 0 Å². The van der Waals surface area contributed by atoms with Gasteiger partial charge in [-0.2, -0.15) is 0 Å². The van der Waals surface area contributed by atoms with Gasteiger partial charge in [0.1, 0.15) is 0 Å². The molecule has 0 aliphatic rings. The largest absolute Gasteiger partial charge is 0.399 e. The van der Waals surface area contributed by atoms with E-state index < -0.39 is 0 Å². The molecule has 1 heterocycles. The van der Waals surface area contributed by atoms with E-state index in [1.807, 2.05) is 36.5 Å². The highest BCUT2D eigenvalue weighted by Gasteiger charge is 1.98. The molecule has 0 radical (unpaired) electrons. The van der Waals surface area contributed by atoms with Gasteiger partial charge >= 0.3 is 0 Å². The highest BCUT2D eigenvalue weighted by Crippen LogP contribution is 2.20. The summed E-state index contributed by atoms with van der Waals surface area (Å²) in [5, 5.41) is 1.24. The molecule has 0 amide bonds. The smallest absolute Gasteiger partial charge is 0.0460 e. The molecule has 1 aromatic heterocycles. The van der Waals surface area contributed by atoms with E-state index >= 15 is 0 Å². The van der Waals surface area contributed by atoms with Gasteiger partial charge in [-0.15, -0.1) is 0 Å². The minimum atomic E-state index is 0.791. The molecule has 0 saturated carbocycles. The van der Waals surface area contributed by atoms with Crippen LogP contribution in [0.15, 0.2) is 54.7 Å². The van der Waals surface area contributed by atoms with E-state index in [4.69, 9.17) is 5.73 Å². The number of nitrogens with two attached hydrogens (primary N) is 1. The highest BCUT2D eigenvalue weighted by molar-refractivity contribution is 5.91. The summed E-state index contributed by atoms with van der Waals surface area (Å²) < 4.78 is 0. The number of anilines is 1. The van der Waals surface area contributed by atoms with Gasteiger partial charge in [0.25, 0.3) is 0 Å². The van der Waals surface area contributed by atoms with Crippen molar-refractivity contribution in [3.63, 3.8) is 0 Å². The van der Waals surface area contributed by atoms with Gasteiger partial charge in [-0.05, 0) is 29.3 Å². The quantitative estimate of drug-likeness (QED) is 0.648. The maximum Gasteiger partial charge on any atom is 0.0460 e. The monoisotopic (exact) mass is 234 g/mol. The fourth-order valence-electron chi connectivity index (χ4n) is 2.02. The average molecular weight is 234 g/mol. The SMILES string of the molecule is Nc1ccc(/C=C\c2c[nH]c3ccccc23)cc1. The van der Waals surface area contributed by atoms with Crippen molar-refractivity contribution in [3.8, 4) is 0 Å². The molecule has 0 fully saturated rings. The van der Waals surface area contributed by atoms with Crippen molar-refractivity contribution in [1.29, 1.82) is 0 Å². The summed E-state index contributed by atoms with van der Waals surface area (Å²) in [5.74, 6) is 0. The van der Waals surface area contributed by atoms with Gasteiger partial charge in [0, 0.05) is 22.8 Å². The molecular formula is C16H14N2. The maximum absolute atomic E-state index is 5.66. The zero-order chi connectivity index (χ0) is 12.4. The third-order valence-electron chi connectivity index (χ3n) is 3.01. The van der Waals surface area contributed by atoms with E-state index in [-0.39, 0.29) is 0 Å². The molecule has 0 atom stereocenters. The second-order valence-electron chi connectivity index (χ2n) is 4.29. The third kappa shape index (κ3) is 2.00. The number of nitrogen functional groups attached to an aromatic ring is 1. The van der Waals surface area contributed by atoms with Gasteiger partial charge < -0.3 is 10.7 Å². The van der Waals surface area contributed by atoms with Gasteiger partial charge in [-0.1, -0.05) is 42.5 Å². The van der Waals surface area contributed by atoms with Crippen molar-refractivity contribution in [2.75, 3.05) is 5.73 Å². The molecular weight excluding hydrogens is 220 g/mol. The second kappa shape index (κ2) is 4.41. The van der Waals surface area contributed by atoms with Crippen LogP contribution in [0.4, 0.5) is 5.69 Å². The summed E-state index contributed by atoms with van der Waals surface area (Å²) in [6.45, 7) is 0. The molecule has 0 saturated heterocycles. The van der Waals surface area contributed by atoms with Crippen LogP contribution in [-0.2, 0) is 0 Å². The van der Waals surface area contributed by atoms with Crippen LogP contribution in [0.2, 0.25) is 0 Å². The molecule has 18 heavy (non-hydrogen) atoms. The zero-order valence-corrected chi connectivity index (χ0v) is 9.93. The van der Waals surface area contributed by atoms with Crippen molar-refractivity contribution in [2.45, 2.75) is 0 Å². The normalized spacial score (nSPS) is 11.3. The van der Waals surface area contributed by atoms with Crippen LogP contribution in [0.5, 0.6) is 0 Å². The Balaban J connectivity index is 1.94. The first-order valence-corrected chi connectivity index (χ1v) is 5.93. The predicted molar refractivity (Wildman–Crippen MR) is 78.1 cm³/mol. The Morgan fingerprint density at radius 1 is 0.889 bits per heavy atom. The van der Waals surface area contributed by atoms with Crippen molar-refractivity contribution >= 4 is 28.7 Å². The summed E-state index contributed by atoms with van der Waals surface area (Å²) in [4.78, 5) is 3.26. The van der Waals surface area contributed by atoms with E-state index in [2.05, 4.69) is 35.3 Å². The van der Waals surface area contributed by atoms with Gasteiger partial charge in [-0.3, -0.25) is 0 Å². The Bertz CT molecular complexity index is 690. The summed E-state index contributed by atoms with van der Waals surface area (Å²) in [6, 6.07) is 16.1. The van der Waals surface area contributed by atoms with Crippen molar-refractivity contribution in [1.82, 2.24) is 4.98 Å². The topological polar surface area (TPSA) is 41.8 Å². The molecule has 3 aromatic rings. The lowest BCUT2D eigenvalue weighted by molar-refractivity contribution is 1.47. The number of aromatic nitrogens is 1. The fourth-order valence-corrected chi connectivity index (χ4v) is 2.02. The molecule has 0 unspecified atom stereocenters. The Hall–Kier alpha value is -2.48. The third-order valence-corrected chi connectivity index (χ3v) is 3.01. The molecule has 2 heteroatoms. The number of hydrogen-bond acceptors (Lipinski definition) is 1. The zero-order valence-electron chi connectivity index (χ0n) is 9.93. The molecule has 0 aliphatic heterocycles. The summed E-state index contributed by atoms with van der Waals surface area (Å²) >= 11 is 0. The molecule has 3 rings (SSSR count). The molecule has 0 spiro atoms. The summed E-state index contributed by atoms with van der Waals surface area (Å²) in [5.41, 5.74) is 9.96. The highest BCUT2D eigenvalue weighted by atomic mass is 14.7. The van der Waals surface area contributed by atoms with Crippen LogP contribution in [-0.4, -0.2) is 4.98 Å². The van der Waals surface area contributed by atoms with Crippen LogP contribution in [0.1, 0.15) is 11.1 Å². The molecule has 2 aromatic carbocycles.